The monoisotopic (exact) mass is 185 g/mol. The van der Waals surface area contributed by atoms with Crippen LogP contribution in [0.4, 0.5) is 0 Å². The van der Waals surface area contributed by atoms with Gasteiger partial charge in [0.05, 0.1) is 6.61 Å². The number of hydrogen-bond acceptors (Lipinski definition) is 4. The predicted molar refractivity (Wildman–Crippen MR) is 49.5 cm³/mol. The molecule has 0 bridgehead atoms. The highest BCUT2D eigenvalue weighted by Crippen LogP contribution is 2.22. The highest BCUT2D eigenvalue weighted by Gasteiger charge is 2.32. The van der Waals surface area contributed by atoms with E-state index in [0.29, 0.717) is 19.1 Å². The lowest BCUT2D eigenvalue weighted by atomic mass is 10.4. The molecule has 0 amide bonds. The zero-order valence-electron chi connectivity index (χ0n) is 8.08. The lowest BCUT2D eigenvalue weighted by Crippen LogP contribution is -2.23. The maximum Gasteiger partial charge on any atom is 0.205 e. The Morgan fingerprint density at radius 1 is 1.69 bits per heavy atom. The van der Waals surface area contributed by atoms with E-state index < -0.39 is 5.79 Å². The molecular formula is C9H15NO3. The first-order chi connectivity index (χ1) is 6.03. The number of aliphatic imine (C=N–C) groups is 1. The van der Waals surface area contributed by atoms with Crippen molar-refractivity contribution in [2.45, 2.75) is 25.7 Å². The minimum atomic E-state index is -0.503. The maximum absolute atomic E-state index is 5.49. The van der Waals surface area contributed by atoms with Crippen LogP contribution in [-0.2, 0) is 14.2 Å². The molecule has 0 aromatic carbocycles. The fourth-order valence-corrected chi connectivity index (χ4v) is 1.08. The van der Waals surface area contributed by atoms with Crippen LogP contribution in [-0.4, -0.2) is 31.8 Å². The minimum Gasteiger partial charge on any atom is -0.475 e. The van der Waals surface area contributed by atoms with Crippen LogP contribution in [0.2, 0.25) is 0 Å². The lowest BCUT2D eigenvalue weighted by molar-refractivity contribution is -0.143. The van der Waals surface area contributed by atoms with Crippen molar-refractivity contribution in [1.29, 1.82) is 0 Å². The van der Waals surface area contributed by atoms with E-state index in [9.17, 15) is 0 Å². The molecule has 0 saturated carbocycles. The van der Waals surface area contributed by atoms with Crippen LogP contribution >= 0.6 is 0 Å². The molecule has 0 spiro atoms. The summed E-state index contributed by atoms with van der Waals surface area (Å²) in [6.45, 7) is 11.5. The molecule has 1 unspecified atom stereocenters. The van der Waals surface area contributed by atoms with Gasteiger partial charge in [-0.3, -0.25) is 0 Å². The first-order valence-electron chi connectivity index (χ1n) is 4.14. The molecule has 74 valence electrons. The molecule has 13 heavy (non-hydrogen) atoms. The molecule has 4 heteroatoms. The molecule has 4 nitrogen and oxygen atoms in total. The van der Waals surface area contributed by atoms with Crippen LogP contribution in [0.15, 0.2) is 17.5 Å². The fraction of sp³-hybridized carbons (Fsp3) is 0.667. The van der Waals surface area contributed by atoms with Crippen LogP contribution in [0.3, 0.4) is 0 Å². The summed E-state index contributed by atoms with van der Waals surface area (Å²) < 4.78 is 16.0. The summed E-state index contributed by atoms with van der Waals surface area (Å²) in [5.74, 6) is -0.190. The third kappa shape index (κ3) is 3.16. The molecule has 0 aromatic heterocycles. The van der Waals surface area contributed by atoms with Crippen molar-refractivity contribution in [3.05, 3.63) is 12.5 Å². The summed E-state index contributed by atoms with van der Waals surface area (Å²) in [6.07, 6.45) is -0.0477. The van der Waals surface area contributed by atoms with Gasteiger partial charge >= 0.3 is 0 Å². The second kappa shape index (κ2) is 3.89. The van der Waals surface area contributed by atoms with Gasteiger partial charge in [0.25, 0.3) is 0 Å². The summed E-state index contributed by atoms with van der Waals surface area (Å²) >= 11 is 0. The van der Waals surface area contributed by atoms with Gasteiger partial charge in [-0.1, -0.05) is 0 Å². The quantitative estimate of drug-likeness (QED) is 0.490. The molecule has 1 rings (SSSR count). The van der Waals surface area contributed by atoms with Gasteiger partial charge < -0.3 is 14.2 Å². The molecule has 0 N–H and O–H groups in total. The number of rotatable bonds is 4. The first-order valence-corrected chi connectivity index (χ1v) is 4.14. The Kier molecular flexibility index (Phi) is 3.06. The Morgan fingerprint density at radius 2 is 2.38 bits per heavy atom. The summed E-state index contributed by atoms with van der Waals surface area (Å²) in [5.41, 5.74) is 0. The Morgan fingerprint density at radius 3 is 2.85 bits per heavy atom. The Bertz CT molecular complexity index is 213. The lowest BCUT2D eigenvalue weighted by Gasteiger charge is -2.17. The van der Waals surface area contributed by atoms with Crippen molar-refractivity contribution in [2.24, 2.45) is 4.99 Å². The second-order valence-electron chi connectivity index (χ2n) is 3.31. The zero-order chi connectivity index (χ0) is 9.90. The van der Waals surface area contributed by atoms with E-state index in [-0.39, 0.29) is 6.10 Å². The third-order valence-electron chi connectivity index (χ3n) is 1.68. The second-order valence-corrected chi connectivity index (χ2v) is 3.31. The van der Waals surface area contributed by atoms with Gasteiger partial charge in [-0.15, -0.1) is 0 Å². The van der Waals surface area contributed by atoms with Gasteiger partial charge in [-0.05, 0) is 27.1 Å². The van der Waals surface area contributed by atoms with Crippen molar-refractivity contribution < 1.29 is 14.2 Å². The van der Waals surface area contributed by atoms with Crippen molar-refractivity contribution in [3.63, 3.8) is 0 Å². The summed E-state index contributed by atoms with van der Waals surface area (Å²) in [6, 6.07) is 0. The van der Waals surface area contributed by atoms with Gasteiger partial charge in [0, 0.05) is 0 Å². The molecule has 1 heterocycles. The van der Waals surface area contributed by atoms with E-state index in [4.69, 9.17) is 14.2 Å². The minimum absolute atomic E-state index is 0.0477. The van der Waals surface area contributed by atoms with Crippen LogP contribution in [0.25, 0.3) is 0 Å². The highest BCUT2D eigenvalue weighted by atomic mass is 16.7. The number of nitrogens with zero attached hydrogens (tertiary/aromatic N) is 1. The number of hydrogen-bond donors (Lipinski definition) is 0. The van der Waals surface area contributed by atoms with Gasteiger partial charge in [0.1, 0.15) is 12.7 Å². The molecule has 0 aliphatic carbocycles. The van der Waals surface area contributed by atoms with Gasteiger partial charge in [0.15, 0.2) is 5.79 Å². The topological polar surface area (TPSA) is 40.0 Å². The van der Waals surface area contributed by atoms with Gasteiger partial charge in [-0.25, -0.2) is 4.99 Å². The van der Waals surface area contributed by atoms with Crippen molar-refractivity contribution in [1.82, 2.24) is 0 Å². The summed E-state index contributed by atoms with van der Waals surface area (Å²) in [5, 5.41) is 0. The van der Waals surface area contributed by atoms with E-state index in [1.54, 1.807) is 0 Å². The van der Waals surface area contributed by atoms with Crippen molar-refractivity contribution >= 4 is 6.72 Å². The maximum atomic E-state index is 5.49. The normalized spacial score (nSPS) is 25.5. The van der Waals surface area contributed by atoms with E-state index >= 15 is 0 Å². The molecule has 1 saturated heterocycles. The van der Waals surface area contributed by atoms with E-state index in [0.717, 1.165) is 0 Å². The summed E-state index contributed by atoms with van der Waals surface area (Å²) in [7, 11) is 0. The average Bonchev–Trinajstić information content (AvgIpc) is 2.41. The van der Waals surface area contributed by atoms with Crippen LogP contribution in [0.5, 0.6) is 0 Å². The molecule has 1 aliphatic heterocycles. The standard InChI is InChI=1S/C9H15NO3/c1-7(10-4)11-5-8-6-12-9(2,3)13-8/h8H,1,4-6H2,2-3H3. The van der Waals surface area contributed by atoms with E-state index in [2.05, 4.69) is 18.3 Å². The fourth-order valence-electron chi connectivity index (χ4n) is 1.08. The van der Waals surface area contributed by atoms with Crippen LogP contribution in [0.1, 0.15) is 13.8 Å². The first kappa shape index (κ1) is 10.2. The SMILES string of the molecule is C=NC(=C)OCC1COC(C)(C)O1. The van der Waals surface area contributed by atoms with Crippen LogP contribution < -0.4 is 0 Å². The van der Waals surface area contributed by atoms with E-state index in [1.165, 1.54) is 0 Å². The Hall–Kier alpha value is -0.870. The zero-order valence-corrected chi connectivity index (χ0v) is 8.08. The molecule has 1 fully saturated rings. The van der Waals surface area contributed by atoms with Gasteiger partial charge in [0.2, 0.25) is 5.88 Å². The smallest absolute Gasteiger partial charge is 0.205 e. The summed E-state index contributed by atoms with van der Waals surface area (Å²) in [4.78, 5) is 3.52. The largest absolute Gasteiger partial charge is 0.475 e. The Labute approximate surface area is 78.2 Å². The molecule has 1 aliphatic rings. The van der Waals surface area contributed by atoms with Crippen molar-refractivity contribution in [2.75, 3.05) is 13.2 Å². The van der Waals surface area contributed by atoms with Crippen LogP contribution in [0, 0.1) is 0 Å². The van der Waals surface area contributed by atoms with E-state index in [1.807, 2.05) is 13.8 Å². The molecular weight excluding hydrogens is 170 g/mol. The number of ether oxygens (including phenoxy) is 3. The highest BCUT2D eigenvalue weighted by molar-refractivity contribution is 5.26. The average molecular weight is 185 g/mol. The third-order valence-corrected chi connectivity index (χ3v) is 1.68. The molecule has 0 aromatic rings. The molecule has 0 radical (unpaired) electrons. The molecule has 1 atom stereocenters. The van der Waals surface area contributed by atoms with Gasteiger partial charge in [-0.2, -0.15) is 0 Å². The Balaban J connectivity index is 2.25. The van der Waals surface area contributed by atoms with Crippen molar-refractivity contribution in [3.8, 4) is 0 Å². The predicted octanol–water partition coefficient (Wildman–Crippen LogP) is 1.33.